The monoisotopic (exact) mass is 202 g/mol. The highest BCUT2D eigenvalue weighted by Crippen LogP contribution is 2.25. The summed E-state index contributed by atoms with van der Waals surface area (Å²) < 4.78 is 0. The summed E-state index contributed by atoms with van der Waals surface area (Å²) in [4.78, 5) is 0. The minimum atomic E-state index is 0.492. The second kappa shape index (κ2) is 3.78. The third-order valence-electron chi connectivity index (χ3n) is 1.54. The molecule has 12 heavy (non-hydrogen) atoms. The largest absolute Gasteiger partial charge is 0.323 e. The Balaban J connectivity index is 3.26. The molecule has 0 unspecified atom stereocenters. The number of hydrogen-bond acceptors (Lipinski definition) is 2. The van der Waals surface area contributed by atoms with E-state index in [2.05, 4.69) is 5.10 Å². The molecule has 0 aromatic heterocycles. The molecule has 1 aromatic carbocycles. The molecular weight excluding hydrogens is 195 g/mol. The number of benzene rings is 1. The van der Waals surface area contributed by atoms with Crippen LogP contribution in [-0.2, 0) is 0 Å². The second-order valence-corrected chi connectivity index (χ2v) is 3.10. The first kappa shape index (κ1) is 9.36. The lowest BCUT2D eigenvalue weighted by Crippen LogP contribution is -1.99. The van der Waals surface area contributed by atoms with Gasteiger partial charge in [-0.2, -0.15) is 5.10 Å². The van der Waals surface area contributed by atoms with Gasteiger partial charge in [-0.25, -0.2) is 0 Å². The topological polar surface area (TPSA) is 38.4 Å². The zero-order chi connectivity index (χ0) is 9.14. The van der Waals surface area contributed by atoms with Crippen LogP contribution in [0, 0.1) is 0 Å². The fourth-order valence-electron chi connectivity index (χ4n) is 0.853. The van der Waals surface area contributed by atoms with Crippen molar-refractivity contribution < 1.29 is 0 Å². The standard InChI is InChI=1S/C8H8Cl2N2/c1-5(12-11)6-3-2-4-7(9)8(6)10/h2-4H,11H2,1H3/b12-5-. The van der Waals surface area contributed by atoms with Crippen LogP contribution in [0.5, 0.6) is 0 Å². The van der Waals surface area contributed by atoms with Gasteiger partial charge in [0.2, 0.25) is 0 Å². The van der Waals surface area contributed by atoms with E-state index in [9.17, 15) is 0 Å². The minimum absolute atomic E-state index is 0.492. The lowest BCUT2D eigenvalue weighted by molar-refractivity contribution is 1.24. The van der Waals surface area contributed by atoms with E-state index in [1.54, 1.807) is 19.1 Å². The number of halogens is 2. The molecule has 2 N–H and O–H groups in total. The van der Waals surface area contributed by atoms with Crippen molar-refractivity contribution in [3.05, 3.63) is 33.8 Å². The Kier molecular flexibility index (Phi) is 2.95. The average molecular weight is 203 g/mol. The van der Waals surface area contributed by atoms with Crippen LogP contribution in [0.1, 0.15) is 12.5 Å². The highest BCUT2D eigenvalue weighted by atomic mass is 35.5. The van der Waals surface area contributed by atoms with Crippen molar-refractivity contribution in [2.75, 3.05) is 0 Å². The molecule has 0 fully saturated rings. The molecule has 0 aliphatic heterocycles. The van der Waals surface area contributed by atoms with Gasteiger partial charge in [0, 0.05) is 5.56 Å². The molecule has 4 heteroatoms. The summed E-state index contributed by atoms with van der Waals surface area (Å²) in [6.07, 6.45) is 0. The maximum atomic E-state index is 5.90. The molecule has 64 valence electrons. The predicted octanol–water partition coefficient (Wildman–Crippen LogP) is 2.68. The third-order valence-corrected chi connectivity index (χ3v) is 2.35. The van der Waals surface area contributed by atoms with Gasteiger partial charge in [-0.15, -0.1) is 0 Å². The lowest BCUT2D eigenvalue weighted by Gasteiger charge is -2.02. The highest BCUT2D eigenvalue weighted by Gasteiger charge is 2.05. The summed E-state index contributed by atoms with van der Waals surface area (Å²) in [6.45, 7) is 1.78. The van der Waals surface area contributed by atoms with E-state index in [4.69, 9.17) is 29.0 Å². The van der Waals surface area contributed by atoms with Gasteiger partial charge in [0.15, 0.2) is 0 Å². The van der Waals surface area contributed by atoms with Crippen molar-refractivity contribution in [1.82, 2.24) is 0 Å². The van der Waals surface area contributed by atoms with Crippen LogP contribution in [0.25, 0.3) is 0 Å². The Morgan fingerprint density at radius 3 is 2.67 bits per heavy atom. The number of nitrogens with two attached hydrogens (primary N) is 1. The van der Waals surface area contributed by atoms with E-state index in [0.717, 1.165) is 5.56 Å². The van der Waals surface area contributed by atoms with Gasteiger partial charge in [-0.3, -0.25) is 0 Å². The Hall–Kier alpha value is -0.730. The van der Waals surface area contributed by atoms with Crippen molar-refractivity contribution in [2.24, 2.45) is 10.9 Å². The summed E-state index contributed by atoms with van der Waals surface area (Å²) in [5.74, 6) is 5.11. The summed E-state index contributed by atoms with van der Waals surface area (Å²) >= 11 is 11.7. The Morgan fingerprint density at radius 2 is 2.08 bits per heavy atom. The van der Waals surface area contributed by atoms with Crippen molar-refractivity contribution in [3.8, 4) is 0 Å². The Labute approximate surface area is 81.0 Å². The number of hydrogen-bond donors (Lipinski definition) is 1. The molecule has 0 heterocycles. The van der Waals surface area contributed by atoms with E-state index in [1.807, 2.05) is 6.07 Å². The van der Waals surface area contributed by atoms with E-state index in [1.165, 1.54) is 0 Å². The first-order chi connectivity index (χ1) is 5.66. The van der Waals surface area contributed by atoms with Gasteiger partial charge in [0.05, 0.1) is 15.8 Å². The van der Waals surface area contributed by atoms with E-state index >= 15 is 0 Å². The van der Waals surface area contributed by atoms with Gasteiger partial charge >= 0.3 is 0 Å². The predicted molar refractivity (Wildman–Crippen MR) is 52.9 cm³/mol. The van der Waals surface area contributed by atoms with Crippen molar-refractivity contribution in [1.29, 1.82) is 0 Å². The van der Waals surface area contributed by atoms with Gasteiger partial charge < -0.3 is 5.84 Å². The molecule has 0 amide bonds. The molecular formula is C8H8Cl2N2. The molecule has 1 aromatic rings. The lowest BCUT2D eigenvalue weighted by atomic mass is 10.1. The first-order valence-electron chi connectivity index (χ1n) is 3.35. The van der Waals surface area contributed by atoms with Crippen LogP contribution >= 0.6 is 23.2 Å². The quantitative estimate of drug-likeness (QED) is 0.425. The maximum Gasteiger partial charge on any atom is 0.0683 e. The Morgan fingerprint density at radius 1 is 1.42 bits per heavy atom. The minimum Gasteiger partial charge on any atom is -0.323 e. The van der Waals surface area contributed by atoms with Crippen molar-refractivity contribution in [2.45, 2.75) is 6.92 Å². The molecule has 2 nitrogen and oxygen atoms in total. The van der Waals surface area contributed by atoms with Crippen molar-refractivity contribution >= 4 is 28.9 Å². The van der Waals surface area contributed by atoms with Gasteiger partial charge in [0.1, 0.15) is 0 Å². The molecule has 0 aliphatic rings. The van der Waals surface area contributed by atoms with Crippen LogP contribution in [0.3, 0.4) is 0 Å². The fourth-order valence-corrected chi connectivity index (χ4v) is 1.29. The SMILES string of the molecule is C/C(=N/N)c1cccc(Cl)c1Cl. The zero-order valence-corrected chi connectivity index (χ0v) is 8.02. The number of hydrazone groups is 1. The van der Waals surface area contributed by atoms with Crippen LogP contribution in [0.2, 0.25) is 10.0 Å². The summed E-state index contributed by atoms with van der Waals surface area (Å²) in [5.41, 5.74) is 1.44. The second-order valence-electron chi connectivity index (χ2n) is 2.32. The molecule has 1 rings (SSSR count). The first-order valence-corrected chi connectivity index (χ1v) is 4.11. The van der Waals surface area contributed by atoms with Crippen LogP contribution in [0.15, 0.2) is 23.3 Å². The molecule has 0 saturated heterocycles. The summed E-state index contributed by atoms with van der Waals surface area (Å²) in [7, 11) is 0. The average Bonchev–Trinajstić information content (AvgIpc) is 2.08. The van der Waals surface area contributed by atoms with E-state index < -0.39 is 0 Å². The summed E-state index contributed by atoms with van der Waals surface area (Å²) in [6, 6.07) is 5.34. The molecule has 0 saturated carbocycles. The van der Waals surface area contributed by atoms with Crippen LogP contribution in [0.4, 0.5) is 0 Å². The van der Waals surface area contributed by atoms with Gasteiger partial charge in [-0.05, 0) is 13.0 Å². The van der Waals surface area contributed by atoms with Crippen LogP contribution in [-0.4, -0.2) is 5.71 Å². The fraction of sp³-hybridized carbons (Fsp3) is 0.125. The van der Waals surface area contributed by atoms with E-state index in [0.29, 0.717) is 15.8 Å². The third kappa shape index (κ3) is 1.71. The highest BCUT2D eigenvalue weighted by molar-refractivity contribution is 6.44. The number of rotatable bonds is 1. The molecule has 0 atom stereocenters. The van der Waals surface area contributed by atoms with E-state index in [-0.39, 0.29) is 0 Å². The zero-order valence-electron chi connectivity index (χ0n) is 6.51. The number of nitrogens with zero attached hydrogens (tertiary/aromatic N) is 1. The maximum absolute atomic E-state index is 5.90. The normalized spacial score (nSPS) is 11.8. The molecule has 0 spiro atoms. The summed E-state index contributed by atoms with van der Waals surface area (Å²) in [5, 5.41) is 4.54. The van der Waals surface area contributed by atoms with Gasteiger partial charge in [0.25, 0.3) is 0 Å². The smallest absolute Gasteiger partial charge is 0.0683 e. The van der Waals surface area contributed by atoms with Crippen LogP contribution < -0.4 is 5.84 Å². The van der Waals surface area contributed by atoms with Gasteiger partial charge in [-0.1, -0.05) is 35.3 Å². The molecule has 0 bridgehead atoms. The molecule has 0 aliphatic carbocycles. The Bertz CT molecular complexity index is 321. The van der Waals surface area contributed by atoms with Crippen molar-refractivity contribution in [3.63, 3.8) is 0 Å². The molecule has 0 radical (unpaired) electrons.